The molecule has 5 nitrogen and oxygen atoms in total. The average Bonchev–Trinajstić information content (AvgIpc) is 2.87. The topological polar surface area (TPSA) is 61.6 Å². The van der Waals surface area contributed by atoms with Crippen LogP contribution in [0.3, 0.4) is 0 Å². The van der Waals surface area contributed by atoms with E-state index in [0.717, 1.165) is 11.3 Å². The zero-order valence-electron chi connectivity index (χ0n) is 9.47. The van der Waals surface area contributed by atoms with Gasteiger partial charge in [0, 0.05) is 5.56 Å². The van der Waals surface area contributed by atoms with Crippen LogP contribution in [0.15, 0.2) is 34.9 Å². The van der Waals surface area contributed by atoms with Crippen molar-refractivity contribution in [3.63, 3.8) is 0 Å². The van der Waals surface area contributed by atoms with Gasteiger partial charge in [0.25, 0.3) is 0 Å². The van der Waals surface area contributed by atoms with E-state index in [1.54, 1.807) is 31.4 Å². The zero-order chi connectivity index (χ0) is 12.3. The minimum Gasteiger partial charge on any atom is -0.497 e. The van der Waals surface area contributed by atoms with Gasteiger partial charge in [-0.2, -0.15) is 0 Å². The Morgan fingerprint density at radius 2 is 1.94 bits per heavy atom. The van der Waals surface area contributed by atoms with Crippen molar-refractivity contribution in [1.82, 2.24) is 4.98 Å². The lowest BCUT2D eigenvalue weighted by molar-refractivity contribution is 0.0594. The highest BCUT2D eigenvalue weighted by atomic mass is 16.5. The summed E-state index contributed by atoms with van der Waals surface area (Å²) in [6.45, 7) is 0. The number of esters is 1. The van der Waals surface area contributed by atoms with Gasteiger partial charge in [-0.25, -0.2) is 9.78 Å². The molecule has 0 radical (unpaired) electrons. The number of carbonyl (C=O) groups excluding carboxylic acids is 1. The summed E-state index contributed by atoms with van der Waals surface area (Å²) < 4.78 is 14.8. The average molecular weight is 233 g/mol. The van der Waals surface area contributed by atoms with E-state index in [0.29, 0.717) is 5.89 Å². The molecule has 0 aliphatic carbocycles. The largest absolute Gasteiger partial charge is 0.497 e. The maximum absolute atomic E-state index is 11.2. The molecule has 0 N–H and O–H groups in total. The predicted octanol–water partition coefficient (Wildman–Crippen LogP) is 2.14. The first-order valence-corrected chi connectivity index (χ1v) is 4.93. The number of ether oxygens (including phenoxy) is 2. The van der Waals surface area contributed by atoms with Gasteiger partial charge in [-0.05, 0) is 24.3 Å². The van der Waals surface area contributed by atoms with Gasteiger partial charge < -0.3 is 13.9 Å². The molecule has 0 saturated carbocycles. The van der Waals surface area contributed by atoms with E-state index < -0.39 is 5.97 Å². The summed E-state index contributed by atoms with van der Waals surface area (Å²) >= 11 is 0. The Balaban J connectivity index is 2.27. The summed E-state index contributed by atoms with van der Waals surface area (Å²) in [6.07, 6.45) is 1.27. The van der Waals surface area contributed by atoms with Crippen LogP contribution in [0.5, 0.6) is 5.75 Å². The maximum atomic E-state index is 11.2. The number of rotatable bonds is 3. The highest BCUT2D eigenvalue weighted by molar-refractivity contribution is 5.87. The van der Waals surface area contributed by atoms with E-state index in [-0.39, 0.29) is 5.69 Å². The van der Waals surface area contributed by atoms with Crippen LogP contribution in [0.25, 0.3) is 11.5 Å². The Morgan fingerprint density at radius 1 is 1.24 bits per heavy atom. The van der Waals surface area contributed by atoms with Crippen LogP contribution in [0, 0.1) is 0 Å². The third kappa shape index (κ3) is 2.28. The molecule has 0 saturated heterocycles. The number of carbonyl (C=O) groups is 1. The summed E-state index contributed by atoms with van der Waals surface area (Å²) in [5.74, 6) is 0.593. The number of benzene rings is 1. The summed E-state index contributed by atoms with van der Waals surface area (Å²) in [5, 5.41) is 0. The Kier molecular flexibility index (Phi) is 3.09. The molecular weight excluding hydrogens is 222 g/mol. The van der Waals surface area contributed by atoms with Crippen molar-refractivity contribution < 1.29 is 18.7 Å². The van der Waals surface area contributed by atoms with Crippen LogP contribution >= 0.6 is 0 Å². The summed E-state index contributed by atoms with van der Waals surface area (Å²) in [6, 6.07) is 7.17. The lowest BCUT2D eigenvalue weighted by Crippen LogP contribution is -2.00. The minimum absolute atomic E-state index is 0.151. The Morgan fingerprint density at radius 3 is 2.53 bits per heavy atom. The van der Waals surface area contributed by atoms with Crippen molar-refractivity contribution >= 4 is 5.97 Å². The Hall–Kier alpha value is -2.30. The molecular formula is C12H11NO4. The van der Waals surface area contributed by atoms with Crippen LogP contribution in [0.2, 0.25) is 0 Å². The highest BCUT2D eigenvalue weighted by Crippen LogP contribution is 2.21. The molecule has 0 bridgehead atoms. The van der Waals surface area contributed by atoms with E-state index in [1.165, 1.54) is 13.4 Å². The normalized spacial score (nSPS) is 10.0. The molecule has 0 aliphatic rings. The van der Waals surface area contributed by atoms with Gasteiger partial charge in [-0.15, -0.1) is 0 Å². The lowest BCUT2D eigenvalue weighted by Gasteiger charge is -1.99. The molecule has 5 heteroatoms. The van der Waals surface area contributed by atoms with E-state index in [2.05, 4.69) is 9.72 Å². The SMILES string of the molecule is COC(=O)c1coc(-c2ccc(OC)cc2)n1. The van der Waals surface area contributed by atoms with Gasteiger partial charge in [0.1, 0.15) is 12.0 Å². The minimum atomic E-state index is -0.520. The van der Waals surface area contributed by atoms with Gasteiger partial charge in [0.2, 0.25) is 5.89 Å². The lowest BCUT2D eigenvalue weighted by atomic mass is 10.2. The second-order valence-corrected chi connectivity index (χ2v) is 3.26. The fraction of sp³-hybridized carbons (Fsp3) is 0.167. The van der Waals surface area contributed by atoms with Crippen LogP contribution in [-0.4, -0.2) is 25.2 Å². The van der Waals surface area contributed by atoms with Crippen LogP contribution in [-0.2, 0) is 4.74 Å². The van der Waals surface area contributed by atoms with Gasteiger partial charge in [-0.3, -0.25) is 0 Å². The molecule has 88 valence electrons. The fourth-order valence-electron chi connectivity index (χ4n) is 1.34. The molecule has 0 aliphatic heterocycles. The maximum Gasteiger partial charge on any atom is 0.360 e. The first kappa shape index (κ1) is 11.2. The van der Waals surface area contributed by atoms with Crippen molar-refractivity contribution in [1.29, 1.82) is 0 Å². The van der Waals surface area contributed by atoms with E-state index in [9.17, 15) is 4.79 Å². The molecule has 1 aromatic heterocycles. The quantitative estimate of drug-likeness (QED) is 0.760. The molecule has 0 unspecified atom stereocenters. The molecule has 0 fully saturated rings. The molecule has 17 heavy (non-hydrogen) atoms. The molecule has 1 aromatic carbocycles. The third-order valence-corrected chi connectivity index (χ3v) is 2.24. The van der Waals surface area contributed by atoms with Gasteiger partial charge >= 0.3 is 5.97 Å². The fourth-order valence-corrected chi connectivity index (χ4v) is 1.34. The Bertz CT molecular complexity index is 516. The van der Waals surface area contributed by atoms with Gasteiger partial charge in [-0.1, -0.05) is 0 Å². The molecule has 0 atom stereocenters. The number of methoxy groups -OCH3 is 2. The number of oxazole rings is 1. The van der Waals surface area contributed by atoms with Crippen molar-refractivity contribution in [2.45, 2.75) is 0 Å². The molecule has 2 rings (SSSR count). The molecule has 1 heterocycles. The van der Waals surface area contributed by atoms with Crippen molar-refractivity contribution in [2.75, 3.05) is 14.2 Å². The van der Waals surface area contributed by atoms with E-state index in [1.807, 2.05) is 0 Å². The van der Waals surface area contributed by atoms with E-state index >= 15 is 0 Å². The number of hydrogen-bond donors (Lipinski definition) is 0. The summed E-state index contributed by atoms with van der Waals surface area (Å²) in [4.78, 5) is 15.2. The van der Waals surface area contributed by atoms with Gasteiger partial charge in [0.15, 0.2) is 5.69 Å². The van der Waals surface area contributed by atoms with Crippen LogP contribution < -0.4 is 4.74 Å². The highest BCUT2D eigenvalue weighted by Gasteiger charge is 2.13. The molecule has 0 amide bonds. The summed E-state index contributed by atoms with van der Waals surface area (Å²) in [5.41, 5.74) is 0.916. The monoisotopic (exact) mass is 233 g/mol. The van der Waals surface area contributed by atoms with Crippen LogP contribution in [0.4, 0.5) is 0 Å². The smallest absolute Gasteiger partial charge is 0.360 e. The van der Waals surface area contributed by atoms with Crippen LogP contribution in [0.1, 0.15) is 10.5 Å². The second kappa shape index (κ2) is 4.69. The number of hydrogen-bond acceptors (Lipinski definition) is 5. The zero-order valence-corrected chi connectivity index (χ0v) is 9.47. The molecule has 2 aromatic rings. The van der Waals surface area contributed by atoms with Crippen molar-refractivity contribution in [2.24, 2.45) is 0 Å². The van der Waals surface area contributed by atoms with Gasteiger partial charge in [0.05, 0.1) is 14.2 Å². The number of nitrogens with zero attached hydrogens (tertiary/aromatic N) is 1. The summed E-state index contributed by atoms with van der Waals surface area (Å²) in [7, 11) is 2.89. The predicted molar refractivity (Wildman–Crippen MR) is 59.8 cm³/mol. The Labute approximate surface area is 98.0 Å². The van der Waals surface area contributed by atoms with Crippen molar-refractivity contribution in [3.05, 3.63) is 36.2 Å². The van der Waals surface area contributed by atoms with Crippen molar-refractivity contribution in [3.8, 4) is 17.2 Å². The van der Waals surface area contributed by atoms with E-state index in [4.69, 9.17) is 9.15 Å². The molecule has 0 spiro atoms. The first-order chi connectivity index (χ1) is 8.24. The standard InChI is InChI=1S/C12H11NO4/c1-15-9-5-3-8(4-6-9)11-13-10(7-17-11)12(14)16-2/h3-7H,1-2H3. The third-order valence-electron chi connectivity index (χ3n) is 2.24. The number of aromatic nitrogens is 1. The first-order valence-electron chi connectivity index (χ1n) is 4.93. The second-order valence-electron chi connectivity index (χ2n) is 3.26.